The number of methoxy groups -OCH3 is 1. The second-order valence-corrected chi connectivity index (χ2v) is 9.92. The van der Waals surface area contributed by atoms with Crippen LogP contribution in [-0.4, -0.2) is 37.7 Å². The van der Waals surface area contributed by atoms with Gasteiger partial charge in [0.1, 0.15) is 5.00 Å². The zero-order valence-electron chi connectivity index (χ0n) is 19.8. The van der Waals surface area contributed by atoms with E-state index in [1.54, 1.807) is 18.2 Å². The summed E-state index contributed by atoms with van der Waals surface area (Å²) in [6, 6.07) is 5.06. The summed E-state index contributed by atoms with van der Waals surface area (Å²) in [6.07, 6.45) is 0.653. The maximum atomic E-state index is 13.1. The number of fused-ring (bicyclic) bond motifs is 1. The Hall–Kier alpha value is -2.58. The minimum atomic E-state index is -0.451. The summed E-state index contributed by atoms with van der Waals surface area (Å²) in [7, 11) is 1.36. The molecule has 0 unspecified atom stereocenters. The summed E-state index contributed by atoms with van der Waals surface area (Å²) >= 11 is 1.41. The van der Waals surface area contributed by atoms with Crippen molar-refractivity contribution in [3.05, 3.63) is 39.8 Å². The molecule has 2 N–H and O–H groups in total. The number of carbonyl (C=O) groups is 2. The Bertz CT molecular complexity index is 1030. The Morgan fingerprint density at radius 2 is 1.75 bits per heavy atom. The topological polar surface area (TPSA) is 85.9 Å². The number of hydrogen-bond donors (Lipinski definition) is 2. The lowest BCUT2D eigenvalue weighted by atomic mass is 9.81. The van der Waals surface area contributed by atoms with Crippen LogP contribution in [0.15, 0.2) is 18.2 Å². The van der Waals surface area contributed by atoms with Crippen molar-refractivity contribution < 1.29 is 23.8 Å². The number of amides is 1. The number of esters is 1. The molecule has 3 rings (SSSR count). The Kier molecular flexibility index (Phi) is 6.86. The lowest BCUT2D eigenvalue weighted by Crippen LogP contribution is -2.55. The quantitative estimate of drug-likeness (QED) is 0.580. The van der Waals surface area contributed by atoms with Gasteiger partial charge in [-0.3, -0.25) is 4.79 Å². The predicted molar refractivity (Wildman–Crippen MR) is 126 cm³/mol. The maximum absolute atomic E-state index is 13.1. The van der Waals surface area contributed by atoms with Gasteiger partial charge in [0.05, 0.1) is 25.9 Å². The lowest BCUT2D eigenvalue weighted by molar-refractivity contribution is 0.0600. The molecular formula is C24H32N2O5S. The van der Waals surface area contributed by atoms with E-state index < -0.39 is 5.97 Å². The first-order valence-electron chi connectivity index (χ1n) is 10.8. The number of nitrogens with one attached hydrogen (secondary N) is 2. The van der Waals surface area contributed by atoms with Crippen molar-refractivity contribution in [1.29, 1.82) is 0 Å². The summed E-state index contributed by atoms with van der Waals surface area (Å²) in [5.41, 5.74) is 1.21. The highest BCUT2D eigenvalue weighted by atomic mass is 32.1. The van der Waals surface area contributed by atoms with Crippen molar-refractivity contribution in [2.75, 3.05) is 25.6 Å². The van der Waals surface area contributed by atoms with Gasteiger partial charge in [-0.1, -0.05) is 0 Å². The van der Waals surface area contributed by atoms with E-state index in [2.05, 4.69) is 38.3 Å². The number of carbonyl (C=O) groups excluding carboxylic acids is 2. The van der Waals surface area contributed by atoms with Gasteiger partial charge in [0.25, 0.3) is 5.91 Å². The van der Waals surface area contributed by atoms with Crippen LogP contribution in [0.1, 0.15) is 72.7 Å². The molecule has 2 aromatic rings. The van der Waals surface area contributed by atoms with Gasteiger partial charge in [-0.2, -0.15) is 0 Å². The van der Waals surface area contributed by atoms with Crippen molar-refractivity contribution in [3.8, 4) is 11.5 Å². The van der Waals surface area contributed by atoms with E-state index in [0.29, 0.717) is 47.3 Å². The molecule has 1 amide bonds. The molecule has 32 heavy (non-hydrogen) atoms. The van der Waals surface area contributed by atoms with E-state index >= 15 is 0 Å². The molecule has 1 aliphatic heterocycles. The predicted octanol–water partition coefficient (Wildman–Crippen LogP) is 4.74. The fourth-order valence-corrected chi connectivity index (χ4v) is 5.56. The van der Waals surface area contributed by atoms with E-state index in [1.165, 1.54) is 18.4 Å². The van der Waals surface area contributed by atoms with Gasteiger partial charge < -0.3 is 24.8 Å². The Balaban J connectivity index is 2.01. The fraction of sp³-hybridized carbons (Fsp3) is 0.500. The molecule has 1 aromatic carbocycles. The molecule has 174 valence electrons. The van der Waals surface area contributed by atoms with Crippen molar-refractivity contribution in [2.24, 2.45) is 0 Å². The number of benzene rings is 1. The van der Waals surface area contributed by atoms with Gasteiger partial charge in [0.2, 0.25) is 0 Å². The molecule has 0 saturated carbocycles. The number of hydrogen-bond acceptors (Lipinski definition) is 7. The highest BCUT2D eigenvalue weighted by Crippen LogP contribution is 2.45. The summed E-state index contributed by atoms with van der Waals surface area (Å²) in [5, 5.41) is 7.06. The third-order valence-corrected chi connectivity index (χ3v) is 6.74. The minimum absolute atomic E-state index is 0.205. The molecule has 0 saturated heterocycles. The molecule has 0 radical (unpaired) electrons. The van der Waals surface area contributed by atoms with Gasteiger partial charge >= 0.3 is 5.97 Å². The van der Waals surface area contributed by atoms with Gasteiger partial charge in [-0.05, 0) is 71.7 Å². The molecule has 0 bridgehead atoms. The zero-order chi connectivity index (χ0) is 23.7. The first-order valence-corrected chi connectivity index (χ1v) is 11.6. The molecule has 0 atom stereocenters. The summed E-state index contributed by atoms with van der Waals surface area (Å²) in [4.78, 5) is 26.9. The van der Waals surface area contributed by atoms with Gasteiger partial charge in [0.15, 0.2) is 11.5 Å². The SMILES string of the molecule is CCOc1ccc(C(=O)Nc2sc3c(c2C(=O)OC)CC(C)(C)NC3(C)C)cc1OCC. The highest BCUT2D eigenvalue weighted by Gasteiger charge is 2.42. The molecule has 2 heterocycles. The lowest BCUT2D eigenvalue weighted by Gasteiger charge is -2.42. The standard InChI is InChI=1S/C24H32N2O5S/c1-8-30-16-11-10-14(12-17(16)31-9-2)20(27)25-21-18(22(28)29-7)15-13-23(3,4)26-24(5,6)19(15)32-21/h10-12,26H,8-9,13H2,1-7H3,(H,25,27). The summed E-state index contributed by atoms with van der Waals surface area (Å²) in [5.74, 6) is 0.311. The Morgan fingerprint density at radius 3 is 2.38 bits per heavy atom. The molecule has 7 nitrogen and oxygen atoms in total. The number of thiophene rings is 1. The zero-order valence-corrected chi connectivity index (χ0v) is 20.6. The number of anilines is 1. The van der Waals surface area contributed by atoms with Crippen LogP contribution in [0.3, 0.4) is 0 Å². The first-order chi connectivity index (χ1) is 15.0. The molecule has 8 heteroatoms. The van der Waals surface area contributed by atoms with Crippen molar-refractivity contribution >= 4 is 28.2 Å². The van der Waals surface area contributed by atoms with Crippen LogP contribution < -0.4 is 20.1 Å². The summed E-state index contributed by atoms with van der Waals surface area (Å²) in [6.45, 7) is 13.1. The van der Waals surface area contributed by atoms with E-state index in [0.717, 1.165) is 10.4 Å². The van der Waals surface area contributed by atoms with E-state index in [1.807, 2.05) is 13.8 Å². The van der Waals surface area contributed by atoms with Crippen LogP contribution in [0.5, 0.6) is 11.5 Å². The van der Waals surface area contributed by atoms with Gasteiger partial charge in [0, 0.05) is 21.5 Å². The molecule has 1 aliphatic rings. The van der Waals surface area contributed by atoms with Crippen molar-refractivity contribution in [2.45, 2.75) is 59.0 Å². The van der Waals surface area contributed by atoms with E-state index in [9.17, 15) is 9.59 Å². The van der Waals surface area contributed by atoms with Gasteiger partial charge in [-0.25, -0.2) is 4.79 Å². The second-order valence-electron chi connectivity index (χ2n) is 8.90. The third-order valence-electron chi connectivity index (χ3n) is 5.27. The van der Waals surface area contributed by atoms with E-state index in [-0.39, 0.29) is 17.0 Å². The van der Waals surface area contributed by atoms with Crippen LogP contribution in [0.25, 0.3) is 0 Å². The van der Waals surface area contributed by atoms with Gasteiger partial charge in [-0.15, -0.1) is 11.3 Å². The molecule has 0 fully saturated rings. The van der Waals surface area contributed by atoms with Crippen LogP contribution in [-0.2, 0) is 16.7 Å². The molecule has 0 aliphatic carbocycles. The fourth-order valence-electron chi connectivity index (χ4n) is 4.30. The Morgan fingerprint density at radius 1 is 1.09 bits per heavy atom. The van der Waals surface area contributed by atoms with Crippen molar-refractivity contribution in [1.82, 2.24) is 5.32 Å². The van der Waals surface area contributed by atoms with Crippen LogP contribution in [0.4, 0.5) is 5.00 Å². The maximum Gasteiger partial charge on any atom is 0.341 e. The summed E-state index contributed by atoms with van der Waals surface area (Å²) < 4.78 is 16.3. The first kappa shape index (κ1) is 24.1. The monoisotopic (exact) mass is 460 g/mol. The van der Waals surface area contributed by atoms with Crippen LogP contribution in [0.2, 0.25) is 0 Å². The number of ether oxygens (including phenoxy) is 3. The third kappa shape index (κ3) is 4.76. The highest BCUT2D eigenvalue weighted by molar-refractivity contribution is 7.17. The smallest absolute Gasteiger partial charge is 0.341 e. The largest absolute Gasteiger partial charge is 0.490 e. The Labute approximate surface area is 193 Å². The average molecular weight is 461 g/mol. The minimum Gasteiger partial charge on any atom is -0.490 e. The number of rotatable bonds is 7. The average Bonchev–Trinajstić information content (AvgIpc) is 3.06. The van der Waals surface area contributed by atoms with Crippen LogP contribution in [0, 0.1) is 0 Å². The normalized spacial score (nSPS) is 16.1. The molecular weight excluding hydrogens is 428 g/mol. The molecule has 0 spiro atoms. The van der Waals surface area contributed by atoms with Crippen LogP contribution >= 0.6 is 11.3 Å². The van der Waals surface area contributed by atoms with Crippen molar-refractivity contribution in [3.63, 3.8) is 0 Å². The van der Waals surface area contributed by atoms with E-state index in [4.69, 9.17) is 14.2 Å². The molecule has 1 aromatic heterocycles. The second kappa shape index (κ2) is 9.11.